The predicted molar refractivity (Wildman–Crippen MR) is 116 cm³/mol. The van der Waals surface area contributed by atoms with Crippen LogP contribution in [0.2, 0.25) is 0 Å². The third-order valence-electron chi connectivity index (χ3n) is 5.85. The van der Waals surface area contributed by atoms with E-state index < -0.39 is 5.60 Å². The maximum absolute atomic E-state index is 12.0. The second-order valence-corrected chi connectivity index (χ2v) is 10.4. The summed E-state index contributed by atoms with van der Waals surface area (Å²) in [6, 6.07) is 0.115. The van der Waals surface area contributed by atoms with Crippen LogP contribution in [0.4, 0.5) is 4.79 Å². The van der Waals surface area contributed by atoms with Gasteiger partial charge in [0.15, 0.2) is 0 Å². The summed E-state index contributed by atoms with van der Waals surface area (Å²) in [5, 5.41) is 13.5. The van der Waals surface area contributed by atoms with Gasteiger partial charge in [-0.3, -0.25) is 0 Å². The molecule has 1 saturated carbocycles. The molecule has 2 N–H and O–H groups in total. The SMILES string of the molecule is CC(C)(C)OC(=O)N[C@H]1CC[C@H](Oc2ncnc3sc4c(c23)[C@@H](CCO)CC4)CC1. The Hall–Kier alpha value is -1.93. The van der Waals surface area contributed by atoms with E-state index in [1.54, 1.807) is 17.7 Å². The van der Waals surface area contributed by atoms with E-state index in [9.17, 15) is 9.90 Å². The number of carbonyl (C=O) groups is 1. The number of aliphatic hydroxyl groups is 1. The summed E-state index contributed by atoms with van der Waals surface area (Å²) < 4.78 is 11.7. The molecule has 1 atom stereocenters. The minimum absolute atomic E-state index is 0.0769. The number of alkyl carbamates (subject to hydrolysis) is 1. The van der Waals surface area contributed by atoms with Crippen molar-refractivity contribution < 1.29 is 19.4 Å². The van der Waals surface area contributed by atoms with Crippen LogP contribution in [0.1, 0.15) is 75.7 Å². The quantitative estimate of drug-likeness (QED) is 0.729. The van der Waals surface area contributed by atoms with E-state index in [2.05, 4.69) is 15.3 Å². The van der Waals surface area contributed by atoms with Crippen molar-refractivity contribution in [1.82, 2.24) is 15.3 Å². The van der Waals surface area contributed by atoms with Gasteiger partial charge in [0.05, 0.1) is 5.39 Å². The second kappa shape index (κ2) is 8.67. The largest absolute Gasteiger partial charge is 0.474 e. The Kier molecular flexibility index (Phi) is 6.16. The van der Waals surface area contributed by atoms with Crippen molar-refractivity contribution in [3.8, 4) is 5.88 Å². The normalized spacial score (nSPS) is 23.9. The molecule has 2 aliphatic rings. The first-order valence-electron chi connectivity index (χ1n) is 10.9. The van der Waals surface area contributed by atoms with Gasteiger partial charge in [-0.1, -0.05) is 0 Å². The maximum Gasteiger partial charge on any atom is 0.407 e. The number of aryl methyl sites for hydroxylation is 1. The van der Waals surface area contributed by atoms with Crippen molar-refractivity contribution in [2.75, 3.05) is 6.61 Å². The number of amides is 1. The highest BCUT2D eigenvalue weighted by Crippen LogP contribution is 2.47. The van der Waals surface area contributed by atoms with Gasteiger partial charge in [0, 0.05) is 17.5 Å². The molecule has 0 saturated heterocycles. The number of nitrogens with zero attached hydrogens (tertiary/aromatic N) is 2. The van der Waals surface area contributed by atoms with Crippen molar-refractivity contribution in [1.29, 1.82) is 0 Å². The lowest BCUT2D eigenvalue weighted by atomic mass is 9.93. The summed E-state index contributed by atoms with van der Waals surface area (Å²) in [4.78, 5) is 23.3. The van der Waals surface area contributed by atoms with Gasteiger partial charge < -0.3 is 19.9 Å². The average molecular weight is 434 g/mol. The molecule has 2 aliphatic carbocycles. The van der Waals surface area contributed by atoms with Gasteiger partial charge in [-0.25, -0.2) is 14.8 Å². The number of aliphatic hydroxyl groups excluding tert-OH is 1. The van der Waals surface area contributed by atoms with Gasteiger partial charge in [-0.2, -0.15) is 0 Å². The minimum atomic E-state index is -0.489. The van der Waals surface area contributed by atoms with Gasteiger partial charge in [0.2, 0.25) is 5.88 Å². The molecule has 4 rings (SSSR count). The van der Waals surface area contributed by atoms with Crippen LogP contribution < -0.4 is 10.1 Å². The number of thiophene rings is 1. The topological polar surface area (TPSA) is 93.6 Å². The van der Waals surface area contributed by atoms with Crippen LogP contribution in [-0.2, 0) is 11.2 Å². The lowest BCUT2D eigenvalue weighted by molar-refractivity contribution is 0.0470. The monoisotopic (exact) mass is 433 g/mol. The lowest BCUT2D eigenvalue weighted by Gasteiger charge is -2.30. The Morgan fingerprint density at radius 2 is 2.00 bits per heavy atom. The highest BCUT2D eigenvalue weighted by atomic mass is 32.1. The second-order valence-electron chi connectivity index (χ2n) is 9.28. The lowest BCUT2D eigenvalue weighted by Crippen LogP contribution is -2.42. The number of hydrogen-bond donors (Lipinski definition) is 2. The Morgan fingerprint density at radius 1 is 1.23 bits per heavy atom. The Balaban J connectivity index is 1.41. The number of fused-ring (bicyclic) bond motifs is 3. The average Bonchev–Trinajstić information content (AvgIpc) is 3.22. The van der Waals surface area contributed by atoms with Crippen molar-refractivity contribution in [2.24, 2.45) is 0 Å². The fourth-order valence-corrected chi connectivity index (χ4v) is 5.76. The highest BCUT2D eigenvalue weighted by Gasteiger charge is 2.31. The first-order chi connectivity index (χ1) is 14.3. The first kappa shape index (κ1) is 21.3. The van der Waals surface area contributed by atoms with E-state index in [0.29, 0.717) is 11.8 Å². The van der Waals surface area contributed by atoms with Gasteiger partial charge in [-0.05, 0) is 77.2 Å². The predicted octanol–water partition coefficient (Wildman–Crippen LogP) is 4.32. The molecular formula is C22H31N3O4S. The molecule has 8 heteroatoms. The summed E-state index contributed by atoms with van der Waals surface area (Å²) in [5.74, 6) is 1.03. The molecule has 2 heterocycles. The van der Waals surface area contributed by atoms with Crippen LogP contribution in [-0.4, -0.2) is 45.5 Å². The van der Waals surface area contributed by atoms with Gasteiger partial charge >= 0.3 is 6.09 Å². The van der Waals surface area contributed by atoms with Gasteiger partial charge in [-0.15, -0.1) is 11.3 Å². The number of aromatic nitrogens is 2. The van der Waals surface area contributed by atoms with E-state index in [4.69, 9.17) is 9.47 Å². The summed E-state index contributed by atoms with van der Waals surface area (Å²) in [6.07, 6.45) is 7.63. The Morgan fingerprint density at radius 3 is 2.70 bits per heavy atom. The molecule has 0 aromatic carbocycles. The van der Waals surface area contributed by atoms with Crippen molar-refractivity contribution in [3.05, 3.63) is 16.8 Å². The van der Waals surface area contributed by atoms with Gasteiger partial charge in [0.1, 0.15) is 22.9 Å². The van der Waals surface area contributed by atoms with Crippen LogP contribution in [0, 0.1) is 0 Å². The Bertz CT molecular complexity index is 900. The molecule has 1 amide bonds. The molecule has 2 aromatic heterocycles. The fourth-order valence-electron chi connectivity index (χ4n) is 4.53. The third-order valence-corrected chi connectivity index (χ3v) is 7.02. The van der Waals surface area contributed by atoms with Crippen LogP contribution in [0.15, 0.2) is 6.33 Å². The van der Waals surface area contributed by atoms with Crippen LogP contribution in [0.25, 0.3) is 10.2 Å². The smallest absolute Gasteiger partial charge is 0.407 e. The number of rotatable bonds is 5. The van der Waals surface area contributed by atoms with E-state index in [1.807, 2.05) is 20.8 Å². The molecule has 0 spiro atoms. The van der Waals surface area contributed by atoms with Crippen molar-refractivity contribution >= 4 is 27.6 Å². The first-order valence-corrected chi connectivity index (χ1v) is 11.7. The fraction of sp³-hybridized carbons (Fsp3) is 0.682. The number of hydrogen-bond acceptors (Lipinski definition) is 7. The standard InChI is InChI=1S/C22H31N3O4S/c1-22(2,3)29-21(27)25-14-5-7-15(8-6-14)28-19-18-17-13(10-11-26)4-9-16(17)30-20(18)24-12-23-19/h12-15,26H,4-11H2,1-3H3,(H,25,27)/t13-,14-,15-/m1/s1. The minimum Gasteiger partial charge on any atom is -0.474 e. The summed E-state index contributed by atoms with van der Waals surface area (Å²) in [5.41, 5.74) is 0.803. The highest BCUT2D eigenvalue weighted by molar-refractivity contribution is 7.19. The third kappa shape index (κ3) is 4.70. The maximum atomic E-state index is 12.0. The molecule has 0 radical (unpaired) electrons. The molecule has 2 aromatic rings. The van der Waals surface area contributed by atoms with Crippen LogP contribution >= 0.6 is 11.3 Å². The van der Waals surface area contributed by atoms with Gasteiger partial charge in [0.25, 0.3) is 0 Å². The van der Waals surface area contributed by atoms with Crippen LogP contribution in [0.3, 0.4) is 0 Å². The van der Waals surface area contributed by atoms with E-state index in [0.717, 1.165) is 55.2 Å². The number of ether oxygens (including phenoxy) is 2. The summed E-state index contributed by atoms with van der Waals surface area (Å²) in [6.45, 7) is 5.80. The molecule has 0 unspecified atom stereocenters. The molecule has 0 aliphatic heterocycles. The van der Waals surface area contributed by atoms with Crippen LogP contribution in [0.5, 0.6) is 5.88 Å². The molecule has 0 bridgehead atoms. The summed E-state index contributed by atoms with van der Waals surface area (Å²) >= 11 is 1.73. The van der Waals surface area contributed by atoms with E-state index in [1.165, 1.54) is 10.4 Å². The zero-order chi connectivity index (χ0) is 21.3. The molecule has 7 nitrogen and oxygen atoms in total. The number of nitrogens with one attached hydrogen (secondary N) is 1. The van der Waals surface area contributed by atoms with E-state index >= 15 is 0 Å². The molecule has 164 valence electrons. The van der Waals surface area contributed by atoms with Crippen molar-refractivity contribution in [2.45, 2.75) is 89.4 Å². The molecule has 30 heavy (non-hydrogen) atoms. The number of carbonyl (C=O) groups excluding carboxylic acids is 1. The Labute approximate surface area is 181 Å². The van der Waals surface area contributed by atoms with Crippen molar-refractivity contribution in [3.63, 3.8) is 0 Å². The zero-order valence-corrected chi connectivity index (χ0v) is 18.8. The summed E-state index contributed by atoms with van der Waals surface area (Å²) in [7, 11) is 0. The zero-order valence-electron chi connectivity index (χ0n) is 17.9. The molecule has 1 fully saturated rings. The van der Waals surface area contributed by atoms with E-state index in [-0.39, 0.29) is 24.8 Å². The molecular weight excluding hydrogens is 402 g/mol.